The Labute approximate surface area is 181 Å². The molecular weight excluding hydrogens is 419 g/mol. The number of hydrogen-bond donors (Lipinski definition) is 1. The molecule has 1 heterocycles. The smallest absolute Gasteiger partial charge is 0.254 e. The fourth-order valence-electron chi connectivity index (χ4n) is 2.84. The molecule has 0 saturated carbocycles. The Kier molecular flexibility index (Phi) is 6.77. The number of nitrogens with zero attached hydrogens (tertiary/aromatic N) is 3. The van der Waals surface area contributed by atoms with Crippen molar-refractivity contribution in [3.8, 4) is 0 Å². The van der Waals surface area contributed by atoms with Gasteiger partial charge in [0.1, 0.15) is 11.6 Å². The Bertz CT molecular complexity index is 1150. The van der Waals surface area contributed by atoms with Gasteiger partial charge in [0.05, 0.1) is 23.0 Å². The van der Waals surface area contributed by atoms with E-state index in [2.05, 4.69) is 15.3 Å². The summed E-state index contributed by atoms with van der Waals surface area (Å²) in [6.07, 6.45) is 2.70. The molecule has 1 N–H and O–H groups in total. The molecule has 2 aromatic carbocycles. The third-order valence-corrected chi connectivity index (χ3v) is 6.60. The first kappa shape index (κ1) is 22.5. The zero-order valence-electron chi connectivity index (χ0n) is 17.4. The van der Waals surface area contributed by atoms with Crippen molar-refractivity contribution in [2.75, 3.05) is 7.05 Å². The number of rotatable bonds is 7. The molecule has 0 aliphatic carbocycles. The van der Waals surface area contributed by atoms with Crippen molar-refractivity contribution < 1.29 is 17.6 Å². The fourth-order valence-corrected chi connectivity index (χ4v) is 3.97. The van der Waals surface area contributed by atoms with E-state index in [0.717, 1.165) is 15.4 Å². The molecule has 9 heteroatoms. The second-order valence-corrected chi connectivity index (χ2v) is 9.25. The second kappa shape index (κ2) is 9.32. The van der Waals surface area contributed by atoms with E-state index in [-0.39, 0.29) is 40.6 Å². The lowest BCUT2D eigenvalue weighted by Gasteiger charge is -2.17. The van der Waals surface area contributed by atoms with Crippen LogP contribution in [0.25, 0.3) is 0 Å². The van der Waals surface area contributed by atoms with E-state index in [1.54, 1.807) is 43.3 Å². The van der Waals surface area contributed by atoms with Crippen molar-refractivity contribution in [2.24, 2.45) is 0 Å². The molecule has 162 valence electrons. The lowest BCUT2D eigenvalue weighted by Crippen LogP contribution is -2.28. The van der Waals surface area contributed by atoms with Gasteiger partial charge in [-0.05, 0) is 43.7 Å². The number of carbonyl (C=O) groups excluding carboxylic acids is 1. The zero-order chi connectivity index (χ0) is 22.6. The van der Waals surface area contributed by atoms with Crippen molar-refractivity contribution in [2.45, 2.75) is 31.3 Å². The number of hydrogen-bond acceptors (Lipinski definition) is 5. The first-order chi connectivity index (χ1) is 14.7. The highest BCUT2D eigenvalue weighted by molar-refractivity contribution is 7.89. The van der Waals surface area contributed by atoms with Crippen LogP contribution in [-0.4, -0.2) is 35.6 Å². The van der Waals surface area contributed by atoms with Gasteiger partial charge in [-0.1, -0.05) is 29.8 Å². The van der Waals surface area contributed by atoms with Gasteiger partial charge in [-0.2, -0.15) is 4.31 Å². The lowest BCUT2D eigenvalue weighted by atomic mass is 10.1. The molecule has 1 amide bonds. The summed E-state index contributed by atoms with van der Waals surface area (Å²) in [6, 6.07) is 12.1. The molecule has 0 spiro atoms. The van der Waals surface area contributed by atoms with Crippen LogP contribution in [-0.2, 0) is 16.6 Å². The van der Waals surface area contributed by atoms with Gasteiger partial charge in [0.15, 0.2) is 0 Å². The van der Waals surface area contributed by atoms with Crippen molar-refractivity contribution in [1.29, 1.82) is 0 Å². The summed E-state index contributed by atoms with van der Waals surface area (Å²) in [5.41, 5.74) is 1.96. The number of amides is 1. The van der Waals surface area contributed by atoms with E-state index in [4.69, 9.17) is 0 Å². The molecular formula is C22H23FN4O3S. The zero-order valence-corrected chi connectivity index (χ0v) is 18.2. The number of halogens is 1. The summed E-state index contributed by atoms with van der Waals surface area (Å²) in [4.78, 5) is 20.9. The van der Waals surface area contributed by atoms with E-state index in [9.17, 15) is 17.6 Å². The monoisotopic (exact) mass is 442 g/mol. The van der Waals surface area contributed by atoms with E-state index in [0.29, 0.717) is 0 Å². The summed E-state index contributed by atoms with van der Waals surface area (Å²) >= 11 is 0. The van der Waals surface area contributed by atoms with Crippen molar-refractivity contribution in [3.05, 3.63) is 89.3 Å². The Morgan fingerprint density at radius 3 is 2.23 bits per heavy atom. The van der Waals surface area contributed by atoms with E-state index < -0.39 is 10.0 Å². The minimum Gasteiger partial charge on any atom is -0.345 e. The van der Waals surface area contributed by atoms with Crippen LogP contribution < -0.4 is 5.32 Å². The van der Waals surface area contributed by atoms with Crippen molar-refractivity contribution in [1.82, 2.24) is 19.6 Å². The van der Waals surface area contributed by atoms with Crippen LogP contribution in [0.5, 0.6) is 0 Å². The number of sulfonamides is 1. The molecule has 3 rings (SSSR count). The molecule has 0 bridgehead atoms. The van der Waals surface area contributed by atoms with Crippen LogP contribution >= 0.6 is 0 Å². The lowest BCUT2D eigenvalue weighted by molar-refractivity contribution is 0.0939. The van der Waals surface area contributed by atoms with Crippen LogP contribution in [0.2, 0.25) is 0 Å². The highest BCUT2D eigenvalue weighted by atomic mass is 32.2. The normalized spacial score (nSPS) is 12.5. The molecule has 0 radical (unpaired) electrons. The molecule has 0 aliphatic rings. The van der Waals surface area contributed by atoms with Gasteiger partial charge in [-0.25, -0.2) is 22.8 Å². The number of benzene rings is 2. The highest BCUT2D eigenvalue weighted by Crippen LogP contribution is 2.17. The topological polar surface area (TPSA) is 92.3 Å². The van der Waals surface area contributed by atoms with Crippen LogP contribution in [0.4, 0.5) is 4.39 Å². The third kappa shape index (κ3) is 5.50. The quantitative estimate of drug-likeness (QED) is 0.607. The van der Waals surface area contributed by atoms with Crippen LogP contribution in [0.15, 0.2) is 65.8 Å². The van der Waals surface area contributed by atoms with Crippen LogP contribution in [0.1, 0.15) is 40.3 Å². The molecule has 1 atom stereocenters. The minimum absolute atomic E-state index is 0.0376. The van der Waals surface area contributed by atoms with Crippen LogP contribution in [0, 0.1) is 12.7 Å². The van der Waals surface area contributed by atoms with Crippen molar-refractivity contribution in [3.63, 3.8) is 0 Å². The van der Waals surface area contributed by atoms with E-state index in [1.807, 2.05) is 6.92 Å². The Morgan fingerprint density at radius 1 is 1.06 bits per heavy atom. The fraction of sp³-hybridized carbons (Fsp3) is 0.227. The Morgan fingerprint density at radius 2 is 1.65 bits per heavy atom. The van der Waals surface area contributed by atoms with Gasteiger partial charge in [0.25, 0.3) is 5.91 Å². The Balaban J connectivity index is 1.64. The number of carbonyl (C=O) groups is 1. The summed E-state index contributed by atoms with van der Waals surface area (Å²) in [5.74, 6) is -0.467. The molecule has 1 aromatic heterocycles. The SMILES string of the molecule is Cc1ccc(S(=O)(=O)N(C)Cc2ncc(C(=O)N[C@H](C)c3ccc(F)cc3)cn2)cc1. The summed E-state index contributed by atoms with van der Waals surface area (Å²) < 4.78 is 39.6. The van der Waals surface area contributed by atoms with Gasteiger partial charge < -0.3 is 5.32 Å². The van der Waals surface area contributed by atoms with Gasteiger partial charge in [-0.3, -0.25) is 4.79 Å². The molecule has 31 heavy (non-hydrogen) atoms. The van der Waals surface area contributed by atoms with Gasteiger partial charge in [-0.15, -0.1) is 0 Å². The Hall–Kier alpha value is -3.17. The molecule has 0 fully saturated rings. The molecule has 3 aromatic rings. The maximum Gasteiger partial charge on any atom is 0.254 e. The average Bonchev–Trinajstić information content (AvgIpc) is 2.75. The van der Waals surface area contributed by atoms with E-state index in [1.165, 1.54) is 31.6 Å². The average molecular weight is 443 g/mol. The molecule has 7 nitrogen and oxygen atoms in total. The van der Waals surface area contributed by atoms with Crippen molar-refractivity contribution >= 4 is 15.9 Å². The van der Waals surface area contributed by atoms with Gasteiger partial charge in [0.2, 0.25) is 10.0 Å². The first-order valence-electron chi connectivity index (χ1n) is 9.57. The van der Waals surface area contributed by atoms with Crippen LogP contribution in [0.3, 0.4) is 0 Å². The maximum absolute atomic E-state index is 13.0. The van der Waals surface area contributed by atoms with E-state index >= 15 is 0 Å². The maximum atomic E-state index is 13.0. The molecule has 0 saturated heterocycles. The highest BCUT2D eigenvalue weighted by Gasteiger charge is 2.22. The number of nitrogens with one attached hydrogen (secondary N) is 1. The minimum atomic E-state index is -3.68. The predicted molar refractivity (Wildman–Crippen MR) is 114 cm³/mol. The van der Waals surface area contributed by atoms with Gasteiger partial charge in [0, 0.05) is 19.4 Å². The largest absolute Gasteiger partial charge is 0.345 e. The van der Waals surface area contributed by atoms with Gasteiger partial charge >= 0.3 is 0 Å². The summed E-state index contributed by atoms with van der Waals surface area (Å²) in [6.45, 7) is 3.63. The number of aromatic nitrogens is 2. The second-order valence-electron chi connectivity index (χ2n) is 7.21. The third-order valence-electron chi connectivity index (χ3n) is 4.78. The first-order valence-corrected chi connectivity index (χ1v) is 11.0. The number of aryl methyl sites for hydroxylation is 1. The summed E-state index contributed by atoms with van der Waals surface area (Å²) in [7, 11) is -2.23. The predicted octanol–water partition coefficient (Wildman–Crippen LogP) is 3.24. The summed E-state index contributed by atoms with van der Waals surface area (Å²) in [5, 5.41) is 2.79. The molecule has 0 unspecified atom stereocenters. The standard InChI is InChI=1S/C22H23FN4O3S/c1-15-4-10-20(11-5-15)31(29,30)27(3)14-21-24-12-18(13-25-21)22(28)26-16(2)17-6-8-19(23)9-7-17/h4-13,16H,14H2,1-3H3,(H,26,28)/t16-/m1/s1. The molecule has 0 aliphatic heterocycles.